The largest absolute Gasteiger partial charge is 0.397 e. The first-order valence-electron chi connectivity index (χ1n) is 6.27. The topological polar surface area (TPSA) is 88.7 Å². The van der Waals surface area contributed by atoms with Gasteiger partial charge in [-0.05, 0) is 12.1 Å². The van der Waals surface area contributed by atoms with E-state index in [4.69, 9.17) is 10.5 Å². The lowest BCUT2D eigenvalue weighted by atomic mass is 9.94. The molecule has 0 unspecified atom stereocenters. The van der Waals surface area contributed by atoms with Crippen LogP contribution in [-0.4, -0.2) is 53.3 Å². The first-order valence-corrected chi connectivity index (χ1v) is 6.27. The molecular weight excluding hydrogens is 246 g/mol. The number of likely N-dealkylation sites (N-methyl/N-ethyl adjacent to an activating group) is 1. The number of ether oxygens (including phenoxy) is 1. The van der Waals surface area contributed by atoms with Crippen molar-refractivity contribution in [2.24, 2.45) is 0 Å². The van der Waals surface area contributed by atoms with Crippen LogP contribution in [0.25, 0.3) is 0 Å². The molecule has 6 nitrogen and oxygen atoms in total. The normalized spacial score (nSPS) is 18.0. The van der Waals surface area contributed by atoms with Crippen molar-refractivity contribution in [2.75, 3.05) is 32.5 Å². The van der Waals surface area contributed by atoms with Gasteiger partial charge in [0.15, 0.2) is 0 Å². The molecule has 0 radical (unpaired) electrons. The maximum absolute atomic E-state index is 12.2. The van der Waals surface area contributed by atoms with E-state index >= 15 is 0 Å². The molecule has 104 valence electrons. The van der Waals surface area contributed by atoms with Crippen LogP contribution in [0, 0.1) is 0 Å². The summed E-state index contributed by atoms with van der Waals surface area (Å²) in [5.74, 6) is -0.222. The molecule has 1 amide bonds. The number of aliphatic hydroxyl groups is 1. The van der Waals surface area contributed by atoms with Gasteiger partial charge in [0.2, 0.25) is 0 Å². The fraction of sp³-hybridized carbons (Fsp3) is 0.538. The maximum Gasteiger partial charge on any atom is 0.272 e. The molecule has 1 aromatic rings. The van der Waals surface area contributed by atoms with Crippen LogP contribution in [0.5, 0.6) is 0 Å². The molecule has 0 aromatic carbocycles. The van der Waals surface area contributed by atoms with Gasteiger partial charge in [0.1, 0.15) is 5.69 Å². The van der Waals surface area contributed by atoms with Gasteiger partial charge in [-0.1, -0.05) is 0 Å². The minimum atomic E-state index is -0.865. The number of pyridine rings is 1. The van der Waals surface area contributed by atoms with Crippen LogP contribution in [-0.2, 0) is 4.74 Å². The number of rotatable bonds is 3. The van der Waals surface area contributed by atoms with Gasteiger partial charge in [-0.25, -0.2) is 4.98 Å². The van der Waals surface area contributed by atoms with Crippen LogP contribution < -0.4 is 5.73 Å². The molecule has 0 saturated carbocycles. The van der Waals surface area contributed by atoms with E-state index in [9.17, 15) is 9.90 Å². The van der Waals surface area contributed by atoms with Crippen LogP contribution in [0.1, 0.15) is 23.3 Å². The summed E-state index contributed by atoms with van der Waals surface area (Å²) in [4.78, 5) is 17.6. The zero-order valence-corrected chi connectivity index (χ0v) is 11.0. The van der Waals surface area contributed by atoms with E-state index in [1.54, 1.807) is 19.2 Å². The summed E-state index contributed by atoms with van der Waals surface area (Å²) in [5, 5.41) is 10.4. The molecule has 1 saturated heterocycles. The van der Waals surface area contributed by atoms with Gasteiger partial charge in [0.05, 0.1) is 17.5 Å². The van der Waals surface area contributed by atoms with E-state index in [-0.39, 0.29) is 12.5 Å². The second kappa shape index (κ2) is 5.54. The van der Waals surface area contributed by atoms with Crippen LogP contribution in [0.15, 0.2) is 18.3 Å². The van der Waals surface area contributed by atoms with Gasteiger partial charge in [-0.2, -0.15) is 0 Å². The Morgan fingerprint density at radius 2 is 2.21 bits per heavy atom. The summed E-state index contributed by atoms with van der Waals surface area (Å²) in [7, 11) is 1.66. The molecule has 2 rings (SSSR count). The quantitative estimate of drug-likeness (QED) is 0.819. The van der Waals surface area contributed by atoms with E-state index in [0.29, 0.717) is 37.4 Å². The van der Waals surface area contributed by atoms with E-state index in [1.165, 1.54) is 11.1 Å². The fourth-order valence-electron chi connectivity index (χ4n) is 2.15. The Kier molecular flexibility index (Phi) is 4.01. The number of carbonyl (C=O) groups is 1. The zero-order valence-electron chi connectivity index (χ0n) is 11.0. The number of amides is 1. The van der Waals surface area contributed by atoms with E-state index in [2.05, 4.69) is 4.98 Å². The minimum Gasteiger partial charge on any atom is -0.397 e. The highest BCUT2D eigenvalue weighted by atomic mass is 16.5. The lowest BCUT2D eigenvalue weighted by Gasteiger charge is -2.35. The third kappa shape index (κ3) is 3.42. The van der Waals surface area contributed by atoms with Crippen molar-refractivity contribution in [1.82, 2.24) is 9.88 Å². The molecule has 19 heavy (non-hydrogen) atoms. The van der Waals surface area contributed by atoms with Gasteiger partial charge in [-0.15, -0.1) is 0 Å². The Hall–Kier alpha value is -1.66. The molecular formula is C13H19N3O3. The minimum absolute atomic E-state index is 0.222. The van der Waals surface area contributed by atoms with Crippen molar-refractivity contribution in [3.63, 3.8) is 0 Å². The fourth-order valence-corrected chi connectivity index (χ4v) is 2.15. The summed E-state index contributed by atoms with van der Waals surface area (Å²) >= 11 is 0. The Morgan fingerprint density at radius 1 is 1.53 bits per heavy atom. The summed E-state index contributed by atoms with van der Waals surface area (Å²) < 4.78 is 5.22. The van der Waals surface area contributed by atoms with Crippen LogP contribution >= 0.6 is 0 Å². The van der Waals surface area contributed by atoms with Gasteiger partial charge >= 0.3 is 0 Å². The lowest BCUT2D eigenvalue weighted by molar-refractivity contribution is -0.0734. The molecule has 1 aromatic heterocycles. The highest BCUT2D eigenvalue weighted by Gasteiger charge is 2.32. The highest BCUT2D eigenvalue weighted by Crippen LogP contribution is 2.21. The Morgan fingerprint density at radius 3 is 2.79 bits per heavy atom. The monoisotopic (exact) mass is 265 g/mol. The molecule has 1 aliphatic rings. The smallest absolute Gasteiger partial charge is 0.272 e. The molecule has 1 fully saturated rings. The average molecular weight is 265 g/mol. The van der Waals surface area contributed by atoms with Crippen LogP contribution in [0.2, 0.25) is 0 Å². The van der Waals surface area contributed by atoms with Crippen molar-refractivity contribution < 1.29 is 14.6 Å². The van der Waals surface area contributed by atoms with Gasteiger partial charge in [0.25, 0.3) is 5.91 Å². The first-order chi connectivity index (χ1) is 9.00. The zero-order chi connectivity index (χ0) is 13.9. The average Bonchev–Trinajstić information content (AvgIpc) is 2.39. The van der Waals surface area contributed by atoms with Crippen LogP contribution in [0.3, 0.4) is 0 Å². The summed E-state index contributed by atoms with van der Waals surface area (Å²) in [5.41, 5.74) is 5.51. The molecule has 0 atom stereocenters. The standard InChI is InChI=1S/C13H19N3O3/c1-16(9-13(18)4-6-19-7-5-13)12(17)11-3-2-10(14)8-15-11/h2-3,8,18H,4-7,9,14H2,1H3. The number of hydrogen-bond donors (Lipinski definition) is 2. The van der Waals surface area contributed by atoms with Gasteiger partial charge in [-0.3, -0.25) is 4.79 Å². The van der Waals surface area contributed by atoms with Gasteiger partial charge in [0, 0.05) is 39.6 Å². The number of anilines is 1. The van der Waals surface area contributed by atoms with Crippen molar-refractivity contribution >= 4 is 11.6 Å². The molecule has 0 aliphatic carbocycles. The second-order valence-corrected chi connectivity index (χ2v) is 4.97. The van der Waals surface area contributed by atoms with Crippen molar-refractivity contribution in [3.8, 4) is 0 Å². The summed E-state index contributed by atoms with van der Waals surface area (Å²) in [6, 6.07) is 3.22. The first kappa shape index (κ1) is 13.8. The number of hydrogen-bond acceptors (Lipinski definition) is 5. The molecule has 2 heterocycles. The summed E-state index contributed by atoms with van der Waals surface area (Å²) in [6.45, 7) is 1.33. The third-order valence-corrected chi connectivity index (χ3v) is 3.31. The second-order valence-electron chi connectivity index (χ2n) is 4.97. The maximum atomic E-state index is 12.2. The van der Waals surface area contributed by atoms with E-state index in [0.717, 1.165) is 0 Å². The van der Waals surface area contributed by atoms with E-state index < -0.39 is 5.60 Å². The molecule has 0 spiro atoms. The van der Waals surface area contributed by atoms with Gasteiger partial charge < -0.3 is 20.5 Å². The van der Waals surface area contributed by atoms with Crippen molar-refractivity contribution in [2.45, 2.75) is 18.4 Å². The number of carbonyl (C=O) groups excluding carboxylic acids is 1. The predicted molar refractivity (Wildman–Crippen MR) is 70.6 cm³/mol. The van der Waals surface area contributed by atoms with Crippen LogP contribution in [0.4, 0.5) is 5.69 Å². The number of nitrogens with zero attached hydrogens (tertiary/aromatic N) is 2. The molecule has 6 heteroatoms. The molecule has 0 bridgehead atoms. The SMILES string of the molecule is CN(CC1(O)CCOCC1)C(=O)c1ccc(N)cn1. The Balaban J connectivity index is 2.00. The predicted octanol–water partition coefficient (Wildman–Crippen LogP) is 0.277. The molecule has 3 N–H and O–H groups in total. The number of aromatic nitrogens is 1. The van der Waals surface area contributed by atoms with Crippen molar-refractivity contribution in [1.29, 1.82) is 0 Å². The Bertz CT molecular complexity index is 441. The number of nitrogens with two attached hydrogens (primary N) is 1. The number of nitrogen functional groups attached to an aromatic ring is 1. The molecule has 1 aliphatic heterocycles. The Labute approximate surface area is 112 Å². The summed E-state index contributed by atoms with van der Waals surface area (Å²) in [6.07, 6.45) is 2.53. The van der Waals surface area contributed by atoms with Crippen molar-refractivity contribution in [3.05, 3.63) is 24.0 Å². The van der Waals surface area contributed by atoms with E-state index in [1.807, 2.05) is 0 Å². The highest BCUT2D eigenvalue weighted by molar-refractivity contribution is 5.92. The third-order valence-electron chi connectivity index (χ3n) is 3.31. The lowest BCUT2D eigenvalue weighted by Crippen LogP contribution is -2.47.